The number of nitrogens with one attached hydrogen (secondary N) is 1. The first-order valence-electron chi connectivity index (χ1n) is 9.70. The van der Waals surface area contributed by atoms with E-state index in [1.807, 2.05) is 36.6 Å². The number of hydrogen-bond acceptors (Lipinski definition) is 7. The van der Waals surface area contributed by atoms with Crippen molar-refractivity contribution >= 4 is 40.5 Å². The summed E-state index contributed by atoms with van der Waals surface area (Å²) in [5, 5.41) is 30.5. The van der Waals surface area contributed by atoms with Crippen molar-refractivity contribution in [1.82, 2.24) is 10.4 Å². The minimum atomic E-state index is -1.42. The van der Waals surface area contributed by atoms with Gasteiger partial charge in [0, 0.05) is 11.5 Å². The van der Waals surface area contributed by atoms with Crippen molar-refractivity contribution in [2.45, 2.75) is 19.1 Å². The number of phenolic OH excluding ortho intramolecular Hbond substituents is 1. The van der Waals surface area contributed by atoms with Crippen molar-refractivity contribution in [3.63, 3.8) is 0 Å². The number of aliphatic carboxylic acids is 1. The van der Waals surface area contributed by atoms with Crippen molar-refractivity contribution in [3.8, 4) is 11.5 Å². The lowest BCUT2D eigenvalue weighted by atomic mass is 10.1. The molecule has 0 saturated heterocycles. The Morgan fingerprint density at radius 3 is 2.56 bits per heavy atom. The summed E-state index contributed by atoms with van der Waals surface area (Å²) in [6, 6.07) is 14.2. The molecule has 9 nitrogen and oxygen atoms in total. The van der Waals surface area contributed by atoms with Crippen molar-refractivity contribution in [2.24, 2.45) is 0 Å². The summed E-state index contributed by atoms with van der Waals surface area (Å²) in [6.07, 6.45) is 0.607. The normalized spacial score (nSPS) is 11.7. The number of aromatic hydroxyl groups is 1. The van der Waals surface area contributed by atoms with E-state index >= 15 is 0 Å². The number of anilines is 1. The molecule has 0 spiro atoms. The Balaban J connectivity index is 2.06. The van der Waals surface area contributed by atoms with E-state index < -0.39 is 18.1 Å². The van der Waals surface area contributed by atoms with E-state index in [-0.39, 0.29) is 24.6 Å². The van der Waals surface area contributed by atoms with Crippen LogP contribution in [0.2, 0.25) is 0 Å². The third kappa shape index (κ3) is 5.73. The average molecular weight is 458 g/mol. The summed E-state index contributed by atoms with van der Waals surface area (Å²) in [4.78, 5) is 27.8. The topological polar surface area (TPSA) is 132 Å². The number of aromatic nitrogens is 1. The van der Waals surface area contributed by atoms with E-state index in [4.69, 9.17) is 4.74 Å². The zero-order chi connectivity index (χ0) is 23.1. The molecule has 0 saturated carbocycles. The van der Waals surface area contributed by atoms with Crippen LogP contribution in [0.25, 0.3) is 10.9 Å². The van der Waals surface area contributed by atoms with E-state index in [9.17, 15) is 24.9 Å². The number of carbonyl (C=O) groups is 2. The first-order chi connectivity index (χ1) is 15.4. The maximum Gasteiger partial charge on any atom is 0.423 e. The van der Waals surface area contributed by atoms with Crippen molar-refractivity contribution in [1.29, 1.82) is 0 Å². The number of pyridine rings is 1. The largest absolute Gasteiger partial charge is 0.508 e. The number of benzene rings is 2. The monoisotopic (exact) mass is 457 g/mol. The third-order valence-corrected chi connectivity index (χ3v) is 5.28. The van der Waals surface area contributed by atoms with Crippen LogP contribution in [0.1, 0.15) is 12.0 Å². The zero-order valence-electron chi connectivity index (χ0n) is 17.3. The molecule has 0 aliphatic rings. The van der Waals surface area contributed by atoms with Crippen LogP contribution >= 0.6 is 11.8 Å². The number of carboxylic acids is 1. The van der Waals surface area contributed by atoms with Gasteiger partial charge in [0.15, 0.2) is 11.9 Å². The lowest BCUT2D eigenvalue weighted by Gasteiger charge is -2.29. The minimum absolute atomic E-state index is 0.0144. The third-order valence-electron chi connectivity index (χ3n) is 4.63. The van der Waals surface area contributed by atoms with Crippen LogP contribution in [-0.2, 0) is 11.4 Å². The van der Waals surface area contributed by atoms with Gasteiger partial charge in [-0.05, 0) is 42.2 Å². The smallest absolute Gasteiger partial charge is 0.423 e. The number of phenols is 1. The van der Waals surface area contributed by atoms with Gasteiger partial charge in [0.05, 0.1) is 5.52 Å². The van der Waals surface area contributed by atoms with Gasteiger partial charge < -0.3 is 20.1 Å². The van der Waals surface area contributed by atoms with E-state index in [1.54, 1.807) is 6.07 Å². The van der Waals surface area contributed by atoms with Gasteiger partial charge in [-0.1, -0.05) is 30.3 Å². The molecule has 0 unspecified atom stereocenters. The van der Waals surface area contributed by atoms with Gasteiger partial charge in [0.2, 0.25) is 0 Å². The summed E-state index contributed by atoms with van der Waals surface area (Å²) in [7, 11) is 0. The molecule has 0 fully saturated rings. The highest BCUT2D eigenvalue weighted by Crippen LogP contribution is 2.32. The summed E-state index contributed by atoms with van der Waals surface area (Å²) in [5.41, 5.74) is 3.47. The van der Waals surface area contributed by atoms with Gasteiger partial charge >= 0.3 is 12.1 Å². The number of nitrogens with zero attached hydrogens (tertiary/aromatic N) is 2. The fraction of sp³-hybridized carbons (Fsp3) is 0.227. The Morgan fingerprint density at radius 2 is 1.91 bits per heavy atom. The summed E-state index contributed by atoms with van der Waals surface area (Å²) >= 11 is 1.45. The molecule has 0 radical (unpaired) electrons. The molecule has 0 bridgehead atoms. The van der Waals surface area contributed by atoms with Gasteiger partial charge in [0.1, 0.15) is 18.1 Å². The maximum atomic E-state index is 11.9. The zero-order valence-corrected chi connectivity index (χ0v) is 18.1. The van der Waals surface area contributed by atoms with E-state index in [0.717, 1.165) is 10.6 Å². The number of ether oxygens (including phenoxy) is 1. The standard InChI is InChI=1S/C22H23N3O6S/c1-32-10-9-18(21(27)28)25(24-22(29)30)20-12-19(31-13-14-5-3-2-4-6-14)16-11-15(26)7-8-17(16)23-20/h2-8,11-12,18,24,26H,9-10,13H2,1H3,(H,27,28)(H,29,30)/t18-/m0/s1. The second kappa shape index (κ2) is 10.6. The van der Waals surface area contributed by atoms with Crippen LogP contribution in [-0.4, -0.2) is 50.4 Å². The van der Waals surface area contributed by atoms with Crippen molar-refractivity contribution < 1.29 is 29.6 Å². The molecular formula is C22H23N3O6S. The highest BCUT2D eigenvalue weighted by molar-refractivity contribution is 7.98. The van der Waals surface area contributed by atoms with E-state index in [1.165, 1.54) is 30.0 Å². The lowest BCUT2D eigenvalue weighted by molar-refractivity contribution is -0.138. The highest BCUT2D eigenvalue weighted by atomic mass is 32.2. The fourth-order valence-corrected chi connectivity index (χ4v) is 3.60. The number of amides is 1. The number of thioether (sulfide) groups is 1. The van der Waals surface area contributed by atoms with Gasteiger partial charge in [-0.25, -0.2) is 20.0 Å². The number of rotatable bonds is 10. The summed E-state index contributed by atoms with van der Waals surface area (Å²) in [6.45, 7) is 0.218. The molecule has 10 heteroatoms. The van der Waals surface area contributed by atoms with E-state index in [2.05, 4.69) is 10.4 Å². The molecular weight excluding hydrogens is 434 g/mol. The first-order valence-corrected chi connectivity index (χ1v) is 11.1. The van der Waals surface area contributed by atoms with Crippen LogP contribution in [0.5, 0.6) is 11.5 Å². The van der Waals surface area contributed by atoms with Crippen LogP contribution in [0.4, 0.5) is 10.6 Å². The molecule has 168 valence electrons. The second-order valence-corrected chi connectivity index (χ2v) is 7.86. The number of fused-ring (bicyclic) bond motifs is 1. The van der Waals surface area contributed by atoms with E-state index in [0.29, 0.717) is 22.4 Å². The number of hydrazine groups is 1. The molecule has 1 heterocycles. The van der Waals surface area contributed by atoms with Crippen LogP contribution < -0.4 is 15.2 Å². The molecule has 32 heavy (non-hydrogen) atoms. The first kappa shape index (κ1) is 23.0. The second-order valence-electron chi connectivity index (χ2n) is 6.88. The fourth-order valence-electron chi connectivity index (χ4n) is 3.14. The molecule has 4 N–H and O–H groups in total. The minimum Gasteiger partial charge on any atom is -0.508 e. The molecule has 3 aromatic rings. The summed E-state index contributed by atoms with van der Waals surface area (Å²) < 4.78 is 5.97. The predicted molar refractivity (Wildman–Crippen MR) is 122 cm³/mol. The molecule has 1 aromatic heterocycles. The quantitative estimate of drug-likeness (QED) is 0.336. The Hall–Kier alpha value is -3.66. The molecule has 3 rings (SSSR count). The Morgan fingerprint density at radius 1 is 1.16 bits per heavy atom. The van der Waals surface area contributed by atoms with Crippen LogP contribution in [0, 0.1) is 0 Å². The maximum absolute atomic E-state index is 11.9. The highest BCUT2D eigenvalue weighted by Gasteiger charge is 2.29. The SMILES string of the molecule is CSCC[C@@H](C(=O)O)N(NC(=O)O)c1cc(OCc2ccccc2)c2cc(O)ccc2n1. The molecule has 0 aliphatic heterocycles. The number of carboxylic acid groups (broad SMARTS) is 2. The molecule has 2 aromatic carbocycles. The number of hydrogen-bond donors (Lipinski definition) is 4. The average Bonchev–Trinajstić information content (AvgIpc) is 2.77. The predicted octanol–water partition coefficient (Wildman–Crippen LogP) is 3.71. The molecule has 1 amide bonds. The Labute approximate surface area is 188 Å². The van der Waals surface area contributed by atoms with Crippen molar-refractivity contribution in [2.75, 3.05) is 17.0 Å². The summed E-state index contributed by atoms with van der Waals surface area (Å²) in [5.74, 6) is -0.265. The van der Waals surface area contributed by atoms with Gasteiger partial charge in [-0.2, -0.15) is 11.8 Å². The van der Waals surface area contributed by atoms with Gasteiger partial charge in [0.25, 0.3) is 0 Å². The lowest BCUT2D eigenvalue weighted by Crippen LogP contribution is -2.52. The Bertz CT molecular complexity index is 1100. The molecule has 1 atom stereocenters. The van der Waals surface area contributed by atoms with Gasteiger partial charge in [-0.15, -0.1) is 0 Å². The Kier molecular flexibility index (Phi) is 7.61. The van der Waals surface area contributed by atoms with Crippen LogP contribution in [0.3, 0.4) is 0 Å². The van der Waals surface area contributed by atoms with Gasteiger partial charge in [-0.3, -0.25) is 5.01 Å². The van der Waals surface area contributed by atoms with Crippen molar-refractivity contribution in [3.05, 3.63) is 60.2 Å². The molecule has 0 aliphatic carbocycles. The van der Waals surface area contributed by atoms with Crippen LogP contribution in [0.15, 0.2) is 54.6 Å².